The monoisotopic (exact) mass is 265 g/mol. The minimum Gasteiger partial charge on any atom is -0.490 e. The van der Waals surface area contributed by atoms with E-state index in [1.54, 1.807) is 7.11 Å². The van der Waals surface area contributed by atoms with E-state index in [4.69, 9.17) is 14.2 Å². The lowest BCUT2D eigenvalue weighted by atomic mass is 10.2. The van der Waals surface area contributed by atoms with Gasteiger partial charge < -0.3 is 19.5 Å². The number of benzene rings is 1. The lowest BCUT2D eigenvalue weighted by Crippen LogP contribution is -2.33. The minimum atomic E-state index is -0.262. The molecule has 1 saturated heterocycles. The summed E-state index contributed by atoms with van der Waals surface area (Å²) in [5.74, 6) is 0.535. The highest BCUT2D eigenvalue weighted by Gasteiger charge is 2.30. The summed E-state index contributed by atoms with van der Waals surface area (Å²) in [6, 6.07) is 9.18. The topological polar surface area (TPSA) is 56.8 Å². The number of carbonyl (C=O) groups is 1. The molecule has 0 radical (unpaired) electrons. The number of carbonyl (C=O) groups excluding carboxylic acids is 1. The lowest BCUT2D eigenvalue weighted by molar-refractivity contribution is -0.146. The second-order valence-electron chi connectivity index (χ2n) is 4.38. The van der Waals surface area contributed by atoms with Gasteiger partial charge >= 0.3 is 5.97 Å². The standard InChI is InChI=1S/C14H19NO4/c1-17-12-9-13(15-10-12)14(16)19-8-7-18-11-5-3-2-4-6-11/h2-6,12-13,15H,7-10H2,1H3. The van der Waals surface area contributed by atoms with E-state index >= 15 is 0 Å². The molecule has 0 aromatic heterocycles. The van der Waals surface area contributed by atoms with E-state index in [1.165, 1.54) is 0 Å². The van der Waals surface area contributed by atoms with Crippen LogP contribution in [0.4, 0.5) is 0 Å². The fraction of sp³-hybridized carbons (Fsp3) is 0.500. The van der Waals surface area contributed by atoms with Crippen LogP contribution < -0.4 is 10.1 Å². The van der Waals surface area contributed by atoms with Crippen molar-refractivity contribution >= 4 is 5.97 Å². The molecule has 1 heterocycles. The molecule has 1 aromatic carbocycles. The Morgan fingerprint density at radius 1 is 1.32 bits per heavy atom. The normalized spacial score (nSPS) is 22.2. The van der Waals surface area contributed by atoms with Crippen LogP contribution in [0, 0.1) is 0 Å². The Bertz CT molecular complexity index is 396. The van der Waals surface area contributed by atoms with Crippen LogP contribution in [-0.4, -0.2) is 45.0 Å². The van der Waals surface area contributed by atoms with Gasteiger partial charge in [-0.15, -0.1) is 0 Å². The zero-order chi connectivity index (χ0) is 13.5. The maximum Gasteiger partial charge on any atom is 0.323 e. The highest BCUT2D eigenvalue weighted by Crippen LogP contribution is 2.11. The van der Waals surface area contributed by atoms with Crippen molar-refractivity contribution < 1.29 is 19.0 Å². The van der Waals surface area contributed by atoms with Crippen molar-refractivity contribution in [3.05, 3.63) is 30.3 Å². The number of hydrogen-bond acceptors (Lipinski definition) is 5. The molecule has 2 atom stereocenters. The summed E-state index contributed by atoms with van der Waals surface area (Å²) in [6.07, 6.45) is 0.757. The van der Waals surface area contributed by atoms with Crippen molar-refractivity contribution in [2.75, 3.05) is 26.9 Å². The van der Waals surface area contributed by atoms with Gasteiger partial charge in [-0.05, 0) is 12.1 Å². The first-order valence-electron chi connectivity index (χ1n) is 6.40. The first-order valence-corrected chi connectivity index (χ1v) is 6.40. The van der Waals surface area contributed by atoms with Crippen molar-refractivity contribution in [3.63, 3.8) is 0 Å². The SMILES string of the molecule is COC1CNC(C(=O)OCCOc2ccccc2)C1. The van der Waals surface area contributed by atoms with E-state index in [9.17, 15) is 4.79 Å². The molecular formula is C14H19NO4. The Kier molecular flexibility index (Phi) is 5.18. The molecular weight excluding hydrogens is 246 g/mol. The van der Waals surface area contributed by atoms with Crippen molar-refractivity contribution in [2.24, 2.45) is 0 Å². The summed E-state index contributed by atoms with van der Waals surface area (Å²) in [6.45, 7) is 1.30. The van der Waals surface area contributed by atoms with Crippen molar-refractivity contribution in [3.8, 4) is 5.75 Å². The Hall–Kier alpha value is -1.59. The van der Waals surface area contributed by atoms with E-state index in [0.717, 1.165) is 5.75 Å². The fourth-order valence-electron chi connectivity index (χ4n) is 1.98. The predicted octanol–water partition coefficient (Wildman–Crippen LogP) is 0.985. The molecule has 1 N–H and O–H groups in total. The zero-order valence-electron chi connectivity index (χ0n) is 11.0. The molecule has 1 aromatic rings. The number of rotatable bonds is 6. The fourth-order valence-corrected chi connectivity index (χ4v) is 1.98. The van der Waals surface area contributed by atoms with E-state index in [-0.39, 0.29) is 24.7 Å². The van der Waals surface area contributed by atoms with Crippen molar-refractivity contribution in [1.29, 1.82) is 0 Å². The quantitative estimate of drug-likeness (QED) is 0.614. The van der Waals surface area contributed by atoms with Gasteiger partial charge in [0.25, 0.3) is 0 Å². The van der Waals surface area contributed by atoms with Gasteiger partial charge in [0, 0.05) is 20.1 Å². The first-order chi connectivity index (χ1) is 9.29. The lowest BCUT2D eigenvalue weighted by Gasteiger charge is -2.11. The third-order valence-electron chi connectivity index (χ3n) is 3.05. The summed E-state index contributed by atoms with van der Waals surface area (Å²) in [4.78, 5) is 11.7. The molecule has 5 heteroatoms. The summed E-state index contributed by atoms with van der Waals surface area (Å²) >= 11 is 0. The van der Waals surface area contributed by atoms with E-state index < -0.39 is 0 Å². The van der Waals surface area contributed by atoms with Crippen molar-refractivity contribution in [2.45, 2.75) is 18.6 Å². The maximum absolute atomic E-state index is 11.7. The van der Waals surface area contributed by atoms with E-state index in [1.807, 2.05) is 30.3 Å². The van der Waals surface area contributed by atoms with Gasteiger partial charge in [-0.25, -0.2) is 0 Å². The second kappa shape index (κ2) is 7.11. The maximum atomic E-state index is 11.7. The number of ether oxygens (including phenoxy) is 3. The van der Waals surface area contributed by atoms with Gasteiger partial charge in [-0.1, -0.05) is 18.2 Å². The Labute approximate surface area is 112 Å². The summed E-state index contributed by atoms with van der Waals surface area (Å²) in [5, 5.41) is 3.08. The van der Waals surface area contributed by atoms with Crippen LogP contribution >= 0.6 is 0 Å². The second-order valence-corrected chi connectivity index (χ2v) is 4.38. The number of nitrogens with one attached hydrogen (secondary N) is 1. The van der Waals surface area contributed by atoms with Gasteiger partial charge in [0.15, 0.2) is 0 Å². The van der Waals surface area contributed by atoms with Crippen LogP contribution in [0.2, 0.25) is 0 Å². The van der Waals surface area contributed by atoms with Crippen LogP contribution in [-0.2, 0) is 14.3 Å². The molecule has 104 valence electrons. The van der Waals surface area contributed by atoms with E-state index in [0.29, 0.717) is 19.6 Å². The summed E-state index contributed by atoms with van der Waals surface area (Å²) < 4.78 is 15.8. The average Bonchev–Trinajstić information content (AvgIpc) is 2.93. The third-order valence-corrected chi connectivity index (χ3v) is 3.05. The molecule has 0 aliphatic carbocycles. The summed E-state index contributed by atoms with van der Waals surface area (Å²) in [5.41, 5.74) is 0. The van der Waals surface area contributed by atoms with Gasteiger partial charge in [0.1, 0.15) is 25.0 Å². The van der Waals surface area contributed by atoms with Crippen LogP contribution in [0.15, 0.2) is 30.3 Å². The average molecular weight is 265 g/mol. The number of hydrogen-bond donors (Lipinski definition) is 1. The van der Waals surface area contributed by atoms with Crippen LogP contribution in [0.5, 0.6) is 5.75 Å². The van der Waals surface area contributed by atoms with E-state index in [2.05, 4.69) is 5.32 Å². The largest absolute Gasteiger partial charge is 0.490 e. The van der Waals surface area contributed by atoms with Gasteiger partial charge in [-0.3, -0.25) is 4.79 Å². The van der Waals surface area contributed by atoms with Crippen LogP contribution in [0.1, 0.15) is 6.42 Å². The van der Waals surface area contributed by atoms with Gasteiger partial charge in [0.05, 0.1) is 6.10 Å². The highest BCUT2D eigenvalue weighted by molar-refractivity contribution is 5.76. The molecule has 1 aliphatic heterocycles. The Balaban J connectivity index is 1.62. The minimum absolute atomic E-state index is 0.0955. The predicted molar refractivity (Wildman–Crippen MR) is 70.1 cm³/mol. The first kappa shape index (κ1) is 13.8. The Morgan fingerprint density at radius 2 is 2.11 bits per heavy atom. The number of methoxy groups -OCH3 is 1. The molecule has 1 fully saturated rings. The van der Waals surface area contributed by atoms with Crippen molar-refractivity contribution in [1.82, 2.24) is 5.32 Å². The molecule has 1 aliphatic rings. The third kappa shape index (κ3) is 4.22. The molecule has 2 unspecified atom stereocenters. The molecule has 5 nitrogen and oxygen atoms in total. The number of esters is 1. The smallest absolute Gasteiger partial charge is 0.323 e. The molecule has 0 saturated carbocycles. The Morgan fingerprint density at radius 3 is 2.79 bits per heavy atom. The summed E-state index contributed by atoms with van der Waals surface area (Å²) in [7, 11) is 1.65. The highest BCUT2D eigenvalue weighted by atomic mass is 16.6. The van der Waals surface area contributed by atoms with Crippen LogP contribution in [0.3, 0.4) is 0 Å². The van der Waals surface area contributed by atoms with Crippen LogP contribution in [0.25, 0.3) is 0 Å². The molecule has 0 amide bonds. The van der Waals surface area contributed by atoms with Gasteiger partial charge in [-0.2, -0.15) is 0 Å². The molecule has 0 bridgehead atoms. The van der Waals surface area contributed by atoms with Gasteiger partial charge in [0.2, 0.25) is 0 Å². The molecule has 19 heavy (non-hydrogen) atoms. The number of para-hydroxylation sites is 1. The molecule has 0 spiro atoms. The zero-order valence-corrected chi connectivity index (χ0v) is 11.0. The molecule has 2 rings (SSSR count).